The summed E-state index contributed by atoms with van der Waals surface area (Å²) < 4.78 is 11.1. The van der Waals surface area contributed by atoms with Gasteiger partial charge in [0.2, 0.25) is 0 Å². The Kier molecular flexibility index (Phi) is 5.59. The Hall–Kier alpha value is -1.36. The molecule has 1 aromatic heterocycles. The molecule has 0 saturated heterocycles. The van der Waals surface area contributed by atoms with Crippen LogP contribution in [-0.4, -0.2) is 45.3 Å². The highest BCUT2D eigenvalue weighted by Crippen LogP contribution is 2.24. The zero-order chi connectivity index (χ0) is 14.4. The number of nitrogens with one attached hydrogen (secondary N) is 1. The smallest absolute Gasteiger partial charge is 0.134 e. The van der Waals surface area contributed by atoms with Crippen LogP contribution in [0.2, 0.25) is 0 Å². The highest BCUT2D eigenvalue weighted by molar-refractivity contribution is 5.77. The lowest BCUT2D eigenvalue weighted by Crippen LogP contribution is -2.34. The van der Waals surface area contributed by atoms with E-state index < -0.39 is 0 Å². The molecular weight excluding hydrogens is 252 g/mol. The second-order valence-electron chi connectivity index (χ2n) is 5.05. The van der Waals surface area contributed by atoms with Crippen LogP contribution < -0.4 is 5.32 Å². The fraction of sp³-hybridized carbons (Fsp3) is 0.500. The van der Waals surface area contributed by atoms with Gasteiger partial charge in [-0.05, 0) is 25.7 Å². The molecule has 1 aromatic carbocycles. The van der Waals surface area contributed by atoms with Crippen LogP contribution >= 0.6 is 0 Å². The molecule has 0 fully saturated rings. The van der Waals surface area contributed by atoms with Gasteiger partial charge >= 0.3 is 0 Å². The van der Waals surface area contributed by atoms with E-state index in [9.17, 15) is 0 Å². The summed E-state index contributed by atoms with van der Waals surface area (Å²) in [5.74, 6) is 0.998. The van der Waals surface area contributed by atoms with E-state index in [-0.39, 0.29) is 6.04 Å². The molecule has 4 nitrogen and oxygen atoms in total. The van der Waals surface area contributed by atoms with Gasteiger partial charge in [0.1, 0.15) is 11.3 Å². The molecule has 0 saturated carbocycles. The maximum atomic E-state index is 5.97. The first-order chi connectivity index (χ1) is 9.74. The molecule has 4 heteroatoms. The Bertz CT molecular complexity index is 491. The van der Waals surface area contributed by atoms with Crippen molar-refractivity contribution < 1.29 is 9.15 Å². The molecule has 20 heavy (non-hydrogen) atoms. The van der Waals surface area contributed by atoms with Crippen LogP contribution in [0.3, 0.4) is 0 Å². The quantitative estimate of drug-likeness (QED) is 0.804. The third-order valence-corrected chi connectivity index (χ3v) is 3.41. The minimum absolute atomic E-state index is 0.203. The normalized spacial score (nSPS) is 13.2. The van der Waals surface area contributed by atoms with Crippen LogP contribution in [0.1, 0.15) is 18.7 Å². The second kappa shape index (κ2) is 7.43. The lowest BCUT2D eigenvalue weighted by Gasteiger charge is -2.23. The van der Waals surface area contributed by atoms with Crippen LogP contribution in [0, 0.1) is 0 Å². The molecule has 0 aliphatic heterocycles. The van der Waals surface area contributed by atoms with Gasteiger partial charge in [-0.3, -0.25) is 0 Å². The number of ether oxygens (including phenoxy) is 1. The van der Waals surface area contributed by atoms with Crippen LogP contribution in [0.4, 0.5) is 0 Å². The first kappa shape index (κ1) is 15.0. The molecule has 0 spiro atoms. The fourth-order valence-electron chi connectivity index (χ4n) is 2.33. The van der Waals surface area contributed by atoms with Crippen LogP contribution in [0.5, 0.6) is 0 Å². The first-order valence-corrected chi connectivity index (χ1v) is 7.14. The zero-order valence-corrected chi connectivity index (χ0v) is 12.6. The number of furan rings is 1. The molecule has 0 aliphatic rings. The van der Waals surface area contributed by atoms with Crippen molar-refractivity contribution in [1.82, 2.24) is 10.2 Å². The van der Waals surface area contributed by atoms with Crippen LogP contribution in [0.25, 0.3) is 11.0 Å². The van der Waals surface area contributed by atoms with E-state index >= 15 is 0 Å². The molecule has 0 amide bonds. The van der Waals surface area contributed by atoms with Crippen LogP contribution in [0.15, 0.2) is 34.7 Å². The largest absolute Gasteiger partial charge is 0.459 e. The predicted molar refractivity (Wildman–Crippen MR) is 82.0 cm³/mol. The molecular formula is C16H24N2O2. The van der Waals surface area contributed by atoms with Gasteiger partial charge in [-0.15, -0.1) is 0 Å². The monoisotopic (exact) mass is 276 g/mol. The van der Waals surface area contributed by atoms with Crippen molar-refractivity contribution in [3.8, 4) is 0 Å². The number of hydrogen-bond donors (Lipinski definition) is 1. The molecule has 2 aromatic rings. The van der Waals surface area contributed by atoms with Crippen molar-refractivity contribution in [3.63, 3.8) is 0 Å². The van der Waals surface area contributed by atoms with Gasteiger partial charge in [-0.1, -0.05) is 25.1 Å². The van der Waals surface area contributed by atoms with E-state index in [2.05, 4.69) is 36.3 Å². The number of likely N-dealkylation sites (N-methyl/N-ethyl adjacent to an activating group) is 2. The highest BCUT2D eigenvalue weighted by Gasteiger charge is 2.17. The Morgan fingerprint density at radius 3 is 2.85 bits per heavy atom. The topological polar surface area (TPSA) is 37.6 Å². The van der Waals surface area contributed by atoms with Gasteiger partial charge in [0.05, 0.1) is 12.6 Å². The third-order valence-electron chi connectivity index (χ3n) is 3.41. The van der Waals surface area contributed by atoms with Gasteiger partial charge in [0.15, 0.2) is 0 Å². The summed E-state index contributed by atoms with van der Waals surface area (Å²) in [6.07, 6.45) is 0. The average Bonchev–Trinajstić information content (AvgIpc) is 2.88. The van der Waals surface area contributed by atoms with Crippen molar-refractivity contribution in [1.29, 1.82) is 0 Å². The van der Waals surface area contributed by atoms with Crippen LogP contribution in [-0.2, 0) is 4.74 Å². The summed E-state index contributed by atoms with van der Waals surface area (Å²) in [6.45, 7) is 5.59. The summed E-state index contributed by atoms with van der Waals surface area (Å²) in [7, 11) is 3.83. The second-order valence-corrected chi connectivity index (χ2v) is 5.05. The lowest BCUT2D eigenvalue weighted by atomic mass is 10.2. The van der Waals surface area contributed by atoms with E-state index in [1.165, 1.54) is 0 Å². The van der Waals surface area contributed by atoms with Gasteiger partial charge in [0.25, 0.3) is 0 Å². The summed E-state index contributed by atoms with van der Waals surface area (Å²) in [4.78, 5) is 2.25. The van der Waals surface area contributed by atoms with Crippen molar-refractivity contribution >= 4 is 11.0 Å². The molecule has 2 rings (SSSR count). The van der Waals surface area contributed by atoms with Crippen molar-refractivity contribution in [2.75, 3.05) is 40.4 Å². The Morgan fingerprint density at radius 1 is 1.35 bits per heavy atom. The van der Waals surface area contributed by atoms with E-state index in [1.54, 1.807) is 7.11 Å². The minimum Gasteiger partial charge on any atom is -0.459 e. The SMILES string of the molecule is CCNC(CN(C)CCOC)c1cc2ccccc2o1. The summed E-state index contributed by atoms with van der Waals surface area (Å²) >= 11 is 0. The van der Waals surface area contributed by atoms with Crippen molar-refractivity contribution in [2.45, 2.75) is 13.0 Å². The zero-order valence-electron chi connectivity index (χ0n) is 12.6. The number of para-hydroxylation sites is 1. The van der Waals surface area contributed by atoms with Gasteiger partial charge < -0.3 is 19.4 Å². The molecule has 1 heterocycles. The molecule has 0 radical (unpaired) electrons. The molecule has 0 bridgehead atoms. The Morgan fingerprint density at radius 2 is 2.15 bits per heavy atom. The molecule has 1 atom stereocenters. The van der Waals surface area contributed by atoms with E-state index in [1.807, 2.05) is 18.2 Å². The van der Waals surface area contributed by atoms with Crippen molar-refractivity contribution in [2.24, 2.45) is 0 Å². The number of hydrogen-bond acceptors (Lipinski definition) is 4. The minimum atomic E-state index is 0.203. The first-order valence-electron chi connectivity index (χ1n) is 7.14. The predicted octanol–water partition coefficient (Wildman–Crippen LogP) is 2.66. The number of methoxy groups -OCH3 is 1. The average molecular weight is 276 g/mol. The van der Waals surface area contributed by atoms with Gasteiger partial charge in [-0.25, -0.2) is 0 Å². The standard InChI is InChI=1S/C16H24N2O2/c1-4-17-14(12-18(2)9-10-19-3)16-11-13-7-5-6-8-15(13)20-16/h5-8,11,14,17H,4,9-10,12H2,1-3H3. The lowest BCUT2D eigenvalue weighted by molar-refractivity contribution is 0.153. The summed E-state index contributed by atoms with van der Waals surface area (Å²) in [6, 6.07) is 10.5. The third kappa shape index (κ3) is 3.82. The summed E-state index contributed by atoms with van der Waals surface area (Å²) in [5, 5.41) is 4.65. The molecule has 1 unspecified atom stereocenters. The Labute approximate surface area is 120 Å². The van der Waals surface area contributed by atoms with Gasteiger partial charge in [0, 0.05) is 25.6 Å². The fourth-order valence-corrected chi connectivity index (χ4v) is 2.33. The molecule has 110 valence electrons. The Balaban J connectivity index is 2.10. The number of fused-ring (bicyclic) bond motifs is 1. The molecule has 0 aliphatic carbocycles. The molecule has 1 N–H and O–H groups in total. The summed E-state index contributed by atoms with van der Waals surface area (Å²) in [5.41, 5.74) is 0.949. The maximum Gasteiger partial charge on any atom is 0.134 e. The number of nitrogens with zero attached hydrogens (tertiary/aromatic N) is 1. The maximum absolute atomic E-state index is 5.97. The highest BCUT2D eigenvalue weighted by atomic mass is 16.5. The van der Waals surface area contributed by atoms with E-state index in [0.29, 0.717) is 0 Å². The van der Waals surface area contributed by atoms with E-state index in [4.69, 9.17) is 9.15 Å². The van der Waals surface area contributed by atoms with Gasteiger partial charge in [-0.2, -0.15) is 0 Å². The van der Waals surface area contributed by atoms with Crippen molar-refractivity contribution in [3.05, 3.63) is 36.1 Å². The van der Waals surface area contributed by atoms with E-state index in [0.717, 1.165) is 43.0 Å². The number of rotatable bonds is 8. The number of benzene rings is 1.